The first kappa shape index (κ1) is 17.8. The van der Waals surface area contributed by atoms with E-state index in [2.05, 4.69) is 47.9 Å². The topological polar surface area (TPSA) is 45.7 Å². The van der Waals surface area contributed by atoms with Crippen molar-refractivity contribution in [3.05, 3.63) is 35.9 Å². The molecule has 0 radical (unpaired) electrons. The lowest BCUT2D eigenvalue weighted by molar-refractivity contribution is 0.145. The highest BCUT2D eigenvalue weighted by molar-refractivity contribution is 5.79. The first-order valence-electron chi connectivity index (χ1n) is 8.96. The molecule has 0 aromatic heterocycles. The van der Waals surface area contributed by atoms with Crippen LogP contribution in [0, 0.1) is 0 Å². The van der Waals surface area contributed by atoms with Crippen molar-refractivity contribution in [3.63, 3.8) is 0 Å². The van der Waals surface area contributed by atoms with Crippen LogP contribution in [-0.2, 0) is 10.2 Å². The second-order valence-corrected chi connectivity index (χ2v) is 6.17. The molecule has 0 amide bonds. The molecule has 1 saturated carbocycles. The van der Waals surface area contributed by atoms with E-state index in [4.69, 9.17) is 9.73 Å². The lowest BCUT2D eigenvalue weighted by Gasteiger charge is -2.41. The molecule has 0 heterocycles. The van der Waals surface area contributed by atoms with Gasteiger partial charge in [-0.2, -0.15) is 0 Å². The van der Waals surface area contributed by atoms with Crippen LogP contribution in [0.25, 0.3) is 0 Å². The Bertz CT molecular complexity index is 469. The van der Waals surface area contributed by atoms with Crippen molar-refractivity contribution < 1.29 is 4.74 Å². The van der Waals surface area contributed by atoms with Crippen LogP contribution in [-0.4, -0.2) is 38.8 Å². The van der Waals surface area contributed by atoms with Crippen molar-refractivity contribution in [2.75, 3.05) is 32.8 Å². The summed E-state index contributed by atoms with van der Waals surface area (Å²) in [6.45, 7) is 8.36. The normalized spacial score (nSPS) is 16.7. The third kappa shape index (κ3) is 5.24. The van der Waals surface area contributed by atoms with Crippen LogP contribution in [0.2, 0.25) is 0 Å². The number of hydrogen-bond acceptors (Lipinski definition) is 2. The fourth-order valence-electron chi connectivity index (χ4n) is 3.03. The zero-order chi connectivity index (χ0) is 16.4. The highest BCUT2D eigenvalue weighted by atomic mass is 16.5. The van der Waals surface area contributed by atoms with Gasteiger partial charge in [-0.25, -0.2) is 0 Å². The van der Waals surface area contributed by atoms with E-state index in [1.54, 1.807) is 0 Å². The molecule has 2 rings (SSSR count). The van der Waals surface area contributed by atoms with E-state index in [0.29, 0.717) is 0 Å². The van der Waals surface area contributed by atoms with Gasteiger partial charge in [0, 0.05) is 31.7 Å². The minimum Gasteiger partial charge on any atom is -0.382 e. The van der Waals surface area contributed by atoms with Gasteiger partial charge in [-0.3, -0.25) is 4.99 Å². The summed E-state index contributed by atoms with van der Waals surface area (Å²) in [6.07, 6.45) is 4.79. The molecule has 0 atom stereocenters. The molecule has 1 aliphatic rings. The van der Waals surface area contributed by atoms with E-state index in [1.807, 2.05) is 6.92 Å². The molecule has 4 heteroatoms. The molecule has 0 saturated heterocycles. The summed E-state index contributed by atoms with van der Waals surface area (Å²) < 4.78 is 5.37. The molecular formula is C19H31N3O. The Morgan fingerprint density at radius 1 is 1.17 bits per heavy atom. The maximum Gasteiger partial charge on any atom is 0.191 e. The Kier molecular flexibility index (Phi) is 7.40. The molecule has 1 fully saturated rings. The summed E-state index contributed by atoms with van der Waals surface area (Å²) in [5, 5.41) is 6.75. The Hall–Kier alpha value is -1.55. The molecule has 1 aromatic carbocycles. The molecule has 4 nitrogen and oxygen atoms in total. The van der Waals surface area contributed by atoms with Gasteiger partial charge in [-0.15, -0.1) is 0 Å². The number of hydrogen-bond donors (Lipinski definition) is 2. The summed E-state index contributed by atoms with van der Waals surface area (Å²) in [5.41, 5.74) is 1.68. The van der Waals surface area contributed by atoms with Crippen LogP contribution in [0.15, 0.2) is 35.3 Å². The number of rotatable bonds is 9. The van der Waals surface area contributed by atoms with Gasteiger partial charge >= 0.3 is 0 Å². The summed E-state index contributed by atoms with van der Waals surface area (Å²) >= 11 is 0. The maximum absolute atomic E-state index is 5.37. The third-order valence-electron chi connectivity index (χ3n) is 4.54. The third-order valence-corrected chi connectivity index (χ3v) is 4.54. The Balaban J connectivity index is 1.90. The minimum atomic E-state index is 0.245. The van der Waals surface area contributed by atoms with Crippen LogP contribution < -0.4 is 10.6 Å². The van der Waals surface area contributed by atoms with E-state index >= 15 is 0 Å². The minimum absolute atomic E-state index is 0.245. The predicted octanol–water partition coefficient (Wildman–Crippen LogP) is 3.09. The maximum atomic E-state index is 5.37. The van der Waals surface area contributed by atoms with E-state index in [1.165, 1.54) is 24.8 Å². The van der Waals surface area contributed by atoms with Crippen molar-refractivity contribution in [3.8, 4) is 0 Å². The quantitative estimate of drug-likeness (QED) is 0.418. The molecule has 1 aromatic rings. The van der Waals surface area contributed by atoms with Crippen molar-refractivity contribution in [1.82, 2.24) is 10.6 Å². The zero-order valence-electron chi connectivity index (χ0n) is 14.6. The van der Waals surface area contributed by atoms with Crippen molar-refractivity contribution in [1.29, 1.82) is 0 Å². The fraction of sp³-hybridized carbons (Fsp3) is 0.632. The van der Waals surface area contributed by atoms with Gasteiger partial charge in [0.15, 0.2) is 5.96 Å². The zero-order valence-corrected chi connectivity index (χ0v) is 14.6. The van der Waals surface area contributed by atoms with Crippen LogP contribution in [0.4, 0.5) is 0 Å². The Morgan fingerprint density at radius 3 is 2.57 bits per heavy atom. The highest BCUT2D eigenvalue weighted by Gasteiger charge is 2.38. The average molecular weight is 317 g/mol. The number of aliphatic imine (C=N–C) groups is 1. The van der Waals surface area contributed by atoms with Crippen molar-refractivity contribution >= 4 is 5.96 Å². The lowest BCUT2D eigenvalue weighted by Crippen LogP contribution is -2.42. The number of guanidine groups is 1. The van der Waals surface area contributed by atoms with Gasteiger partial charge in [0.2, 0.25) is 0 Å². The number of ether oxygens (including phenoxy) is 1. The number of nitrogens with one attached hydrogen (secondary N) is 2. The highest BCUT2D eigenvalue weighted by Crippen LogP contribution is 2.43. The van der Waals surface area contributed by atoms with E-state index in [0.717, 1.165) is 45.2 Å². The molecule has 2 N–H and O–H groups in total. The standard InChI is InChI=1S/C19H31N3O/c1-3-20-18(21-14-9-15-23-4-2)22-16-19(12-8-13-19)17-10-6-5-7-11-17/h5-7,10-11H,3-4,8-9,12-16H2,1-2H3,(H2,20,21,22). The van der Waals surface area contributed by atoms with Crippen molar-refractivity contribution in [2.24, 2.45) is 4.99 Å². The van der Waals surface area contributed by atoms with Crippen molar-refractivity contribution in [2.45, 2.75) is 44.9 Å². The smallest absolute Gasteiger partial charge is 0.191 e. The summed E-state index contributed by atoms with van der Waals surface area (Å²) in [7, 11) is 0. The van der Waals surface area contributed by atoms with Crippen LogP contribution >= 0.6 is 0 Å². The second-order valence-electron chi connectivity index (χ2n) is 6.17. The molecular weight excluding hydrogens is 286 g/mol. The summed E-state index contributed by atoms with van der Waals surface area (Å²) in [6, 6.07) is 10.9. The Labute approximate surface area is 140 Å². The van der Waals surface area contributed by atoms with Gasteiger partial charge in [-0.05, 0) is 38.7 Å². The van der Waals surface area contributed by atoms with E-state index < -0.39 is 0 Å². The van der Waals surface area contributed by atoms with Crippen LogP contribution in [0.5, 0.6) is 0 Å². The molecule has 0 aliphatic heterocycles. The predicted molar refractivity (Wildman–Crippen MR) is 97.1 cm³/mol. The number of benzene rings is 1. The van der Waals surface area contributed by atoms with Gasteiger partial charge in [0.05, 0.1) is 6.54 Å². The average Bonchev–Trinajstić information content (AvgIpc) is 2.54. The molecule has 0 bridgehead atoms. The molecule has 1 aliphatic carbocycles. The molecule has 0 spiro atoms. The SMILES string of the molecule is CCNC(=NCC1(c2ccccc2)CCC1)NCCCOCC. The van der Waals surface area contributed by atoms with Crippen LogP contribution in [0.3, 0.4) is 0 Å². The first-order chi connectivity index (χ1) is 11.3. The molecule has 23 heavy (non-hydrogen) atoms. The van der Waals surface area contributed by atoms with Gasteiger partial charge < -0.3 is 15.4 Å². The molecule has 128 valence electrons. The summed E-state index contributed by atoms with van der Waals surface area (Å²) in [4.78, 5) is 4.86. The lowest BCUT2D eigenvalue weighted by atomic mass is 9.64. The van der Waals surface area contributed by atoms with Gasteiger partial charge in [0.25, 0.3) is 0 Å². The monoisotopic (exact) mass is 317 g/mol. The van der Waals surface area contributed by atoms with E-state index in [9.17, 15) is 0 Å². The van der Waals surface area contributed by atoms with Gasteiger partial charge in [-0.1, -0.05) is 36.8 Å². The Morgan fingerprint density at radius 2 is 1.96 bits per heavy atom. The first-order valence-corrected chi connectivity index (χ1v) is 8.96. The second kappa shape index (κ2) is 9.56. The van der Waals surface area contributed by atoms with Crippen LogP contribution in [0.1, 0.15) is 45.1 Å². The van der Waals surface area contributed by atoms with Gasteiger partial charge in [0.1, 0.15) is 0 Å². The largest absolute Gasteiger partial charge is 0.382 e. The molecule has 0 unspecified atom stereocenters. The van der Waals surface area contributed by atoms with E-state index in [-0.39, 0.29) is 5.41 Å². The fourth-order valence-corrected chi connectivity index (χ4v) is 3.03. The number of nitrogens with zero attached hydrogens (tertiary/aromatic N) is 1. The summed E-state index contributed by atoms with van der Waals surface area (Å²) in [5.74, 6) is 0.922.